The maximum absolute atomic E-state index is 11.8. The van der Waals surface area contributed by atoms with Crippen molar-refractivity contribution < 1.29 is 13.2 Å². The number of hydrogen-bond donors (Lipinski definition) is 1. The molecule has 24 heavy (non-hydrogen) atoms. The Morgan fingerprint density at radius 3 is 2.62 bits per heavy atom. The Morgan fingerprint density at radius 1 is 1.17 bits per heavy atom. The highest BCUT2D eigenvalue weighted by Gasteiger charge is 2.34. The summed E-state index contributed by atoms with van der Waals surface area (Å²) < 4.78 is 29.3. The van der Waals surface area contributed by atoms with Crippen LogP contribution in [-0.2, 0) is 16.4 Å². The highest BCUT2D eigenvalue weighted by Crippen LogP contribution is 2.25. The van der Waals surface area contributed by atoms with Gasteiger partial charge in [-0.25, -0.2) is 13.4 Å². The van der Waals surface area contributed by atoms with E-state index in [1.807, 2.05) is 42.5 Å². The predicted molar refractivity (Wildman–Crippen MR) is 93.9 cm³/mol. The molecule has 2 aromatic rings. The SMILES string of the molecule is CS(=O)(=O)C1CCCC1NCc1ccc(Oc2ccccc2)nc1. The zero-order valence-electron chi connectivity index (χ0n) is 13.7. The number of pyridine rings is 1. The first-order valence-electron chi connectivity index (χ1n) is 8.12. The van der Waals surface area contributed by atoms with Crippen molar-refractivity contribution in [3.63, 3.8) is 0 Å². The van der Waals surface area contributed by atoms with Crippen LogP contribution in [0, 0.1) is 0 Å². The maximum Gasteiger partial charge on any atom is 0.219 e. The quantitative estimate of drug-likeness (QED) is 0.871. The van der Waals surface area contributed by atoms with Gasteiger partial charge in [0.25, 0.3) is 0 Å². The van der Waals surface area contributed by atoms with Gasteiger partial charge in [0, 0.05) is 31.1 Å². The Bertz CT molecular complexity index is 761. The summed E-state index contributed by atoms with van der Waals surface area (Å²) in [4.78, 5) is 4.31. The van der Waals surface area contributed by atoms with Crippen LogP contribution in [0.5, 0.6) is 11.6 Å². The van der Waals surface area contributed by atoms with Crippen molar-refractivity contribution in [1.82, 2.24) is 10.3 Å². The number of rotatable bonds is 6. The maximum atomic E-state index is 11.8. The number of aromatic nitrogens is 1. The molecule has 1 aliphatic rings. The summed E-state index contributed by atoms with van der Waals surface area (Å²) in [6, 6.07) is 13.3. The summed E-state index contributed by atoms with van der Waals surface area (Å²) in [6.45, 7) is 0.606. The van der Waals surface area contributed by atoms with E-state index in [9.17, 15) is 8.42 Å². The molecule has 2 unspecified atom stereocenters. The molecule has 128 valence electrons. The molecule has 2 atom stereocenters. The van der Waals surface area contributed by atoms with Gasteiger partial charge in [-0.3, -0.25) is 0 Å². The van der Waals surface area contributed by atoms with Crippen LogP contribution in [0.25, 0.3) is 0 Å². The predicted octanol–water partition coefficient (Wildman–Crippen LogP) is 2.93. The van der Waals surface area contributed by atoms with Crippen molar-refractivity contribution in [2.45, 2.75) is 37.1 Å². The minimum Gasteiger partial charge on any atom is -0.439 e. The van der Waals surface area contributed by atoms with E-state index in [2.05, 4.69) is 10.3 Å². The highest BCUT2D eigenvalue weighted by atomic mass is 32.2. The van der Waals surface area contributed by atoms with Crippen LogP contribution in [-0.4, -0.2) is 30.9 Å². The molecule has 1 heterocycles. The first-order valence-corrected chi connectivity index (χ1v) is 10.1. The number of para-hydroxylation sites is 1. The average Bonchev–Trinajstić information content (AvgIpc) is 3.04. The Hall–Kier alpha value is -1.92. The summed E-state index contributed by atoms with van der Waals surface area (Å²) in [5.41, 5.74) is 1.01. The molecular weight excluding hydrogens is 324 g/mol. The molecule has 1 saturated carbocycles. The van der Waals surface area contributed by atoms with E-state index in [0.717, 1.165) is 30.6 Å². The highest BCUT2D eigenvalue weighted by molar-refractivity contribution is 7.91. The topological polar surface area (TPSA) is 68.3 Å². The third-order valence-electron chi connectivity index (χ3n) is 4.33. The van der Waals surface area contributed by atoms with Gasteiger partial charge < -0.3 is 10.1 Å². The molecule has 6 heteroatoms. The van der Waals surface area contributed by atoms with Gasteiger partial charge in [0.05, 0.1) is 5.25 Å². The number of ether oxygens (including phenoxy) is 1. The Kier molecular flexibility index (Phi) is 5.16. The molecule has 1 fully saturated rings. The first kappa shape index (κ1) is 16.9. The molecule has 0 saturated heterocycles. The van der Waals surface area contributed by atoms with Gasteiger partial charge in [-0.2, -0.15) is 0 Å². The van der Waals surface area contributed by atoms with Crippen LogP contribution >= 0.6 is 0 Å². The van der Waals surface area contributed by atoms with Gasteiger partial charge in [-0.15, -0.1) is 0 Å². The third kappa shape index (κ3) is 4.33. The molecule has 0 radical (unpaired) electrons. The standard InChI is InChI=1S/C18H22N2O3S/c1-24(21,22)17-9-5-8-16(17)19-12-14-10-11-18(20-13-14)23-15-6-3-2-4-7-15/h2-4,6-7,10-11,13,16-17,19H,5,8-9,12H2,1H3. The van der Waals surface area contributed by atoms with Gasteiger partial charge in [0.15, 0.2) is 9.84 Å². The number of nitrogens with zero attached hydrogens (tertiary/aromatic N) is 1. The number of sulfone groups is 1. The smallest absolute Gasteiger partial charge is 0.219 e. The van der Waals surface area contributed by atoms with Gasteiger partial charge >= 0.3 is 0 Å². The van der Waals surface area contributed by atoms with Crippen LogP contribution in [0.1, 0.15) is 24.8 Å². The van der Waals surface area contributed by atoms with E-state index in [4.69, 9.17) is 4.74 Å². The monoisotopic (exact) mass is 346 g/mol. The molecule has 1 N–H and O–H groups in total. The summed E-state index contributed by atoms with van der Waals surface area (Å²) in [7, 11) is -3.00. The lowest BCUT2D eigenvalue weighted by Crippen LogP contribution is -2.39. The lowest BCUT2D eigenvalue weighted by Gasteiger charge is -2.19. The molecule has 1 aromatic carbocycles. The van der Waals surface area contributed by atoms with Crippen LogP contribution in [0.3, 0.4) is 0 Å². The van der Waals surface area contributed by atoms with Gasteiger partial charge in [-0.05, 0) is 30.5 Å². The molecule has 0 spiro atoms. The van der Waals surface area contributed by atoms with Crippen LogP contribution in [0.2, 0.25) is 0 Å². The van der Waals surface area contributed by atoms with Crippen molar-refractivity contribution in [2.24, 2.45) is 0 Å². The minimum atomic E-state index is -3.00. The third-order valence-corrected chi connectivity index (χ3v) is 6.00. The Labute approximate surface area is 143 Å². The summed E-state index contributed by atoms with van der Waals surface area (Å²) >= 11 is 0. The van der Waals surface area contributed by atoms with E-state index in [0.29, 0.717) is 12.4 Å². The molecule has 0 aliphatic heterocycles. The number of benzene rings is 1. The zero-order valence-corrected chi connectivity index (χ0v) is 14.5. The lowest BCUT2D eigenvalue weighted by atomic mass is 10.2. The van der Waals surface area contributed by atoms with E-state index in [1.165, 1.54) is 6.26 Å². The Balaban J connectivity index is 1.57. The lowest BCUT2D eigenvalue weighted by molar-refractivity contribution is 0.461. The summed E-state index contributed by atoms with van der Waals surface area (Å²) in [5.74, 6) is 1.29. The van der Waals surface area contributed by atoms with Crippen LogP contribution in [0.4, 0.5) is 0 Å². The van der Waals surface area contributed by atoms with Crippen LogP contribution < -0.4 is 10.1 Å². The molecule has 0 bridgehead atoms. The molecule has 1 aromatic heterocycles. The fourth-order valence-corrected chi connectivity index (χ4v) is 4.53. The van der Waals surface area contributed by atoms with E-state index in [-0.39, 0.29) is 11.3 Å². The molecule has 5 nitrogen and oxygen atoms in total. The van der Waals surface area contributed by atoms with Crippen molar-refractivity contribution in [3.05, 3.63) is 54.2 Å². The van der Waals surface area contributed by atoms with Gasteiger partial charge in [0.2, 0.25) is 5.88 Å². The van der Waals surface area contributed by atoms with Crippen molar-refractivity contribution in [1.29, 1.82) is 0 Å². The van der Waals surface area contributed by atoms with E-state index < -0.39 is 9.84 Å². The normalized spacial score (nSPS) is 20.9. The molecule has 1 aliphatic carbocycles. The van der Waals surface area contributed by atoms with Crippen LogP contribution in [0.15, 0.2) is 48.7 Å². The average molecular weight is 346 g/mol. The van der Waals surface area contributed by atoms with E-state index >= 15 is 0 Å². The fraction of sp³-hybridized carbons (Fsp3) is 0.389. The fourth-order valence-electron chi connectivity index (χ4n) is 3.11. The molecular formula is C18H22N2O3S. The minimum absolute atomic E-state index is 0.0280. The number of hydrogen-bond acceptors (Lipinski definition) is 5. The largest absolute Gasteiger partial charge is 0.439 e. The van der Waals surface area contributed by atoms with Crippen molar-refractivity contribution in [2.75, 3.05) is 6.26 Å². The summed E-state index contributed by atoms with van der Waals surface area (Å²) in [6.07, 6.45) is 5.70. The van der Waals surface area contributed by atoms with Gasteiger partial charge in [-0.1, -0.05) is 30.7 Å². The second kappa shape index (κ2) is 7.32. The Morgan fingerprint density at radius 2 is 1.96 bits per heavy atom. The number of nitrogens with one attached hydrogen (secondary N) is 1. The second-order valence-electron chi connectivity index (χ2n) is 6.21. The van der Waals surface area contributed by atoms with E-state index in [1.54, 1.807) is 6.20 Å². The van der Waals surface area contributed by atoms with Gasteiger partial charge in [0.1, 0.15) is 5.75 Å². The molecule has 0 amide bonds. The van der Waals surface area contributed by atoms with Crippen molar-refractivity contribution >= 4 is 9.84 Å². The first-order chi connectivity index (χ1) is 11.5. The second-order valence-corrected chi connectivity index (χ2v) is 8.47. The molecule has 3 rings (SSSR count). The summed E-state index contributed by atoms with van der Waals surface area (Å²) in [5, 5.41) is 3.09. The van der Waals surface area contributed by atoms with Crippen molar-refractivity contribution in [3.8, 4) is 11.6 Å². The zero-order chi connectivity index (χ0) is 17.0.